The molecule has 3 N–H and O–H groups in total. The lowest BCUT2D eigenvalue weighted by Crippen LogP contribution is -2.15. The summed E-state index contributed by atoms with van der Waals surface area (Å²) in [6.07, 6.45) is 0.767. The third-order valence-corrected chi connectivity index (χ3v) is 4.52. The maximum absolute atomic E-state index is 12.1. The van der Waals surface area contributed by atoms with E-state index in [4.69, 9.17) is 17.3 Å². The van der Waals surface area contributed by atoms with Gasteiger partial charge >= 0.3 is 0 Å². The van der Waals surface area contributed by atoms with Gasteiger partial charge in [-0.25, -0.2) is 4.98 Å². The maximum atomic E-state index is 12.1. The molecule has 2 unspecified atom stereocenters. The van der Waals surface area contributed by atoms with Gasteiger partial charge in [0.2, 0.25) is 5.91 Å². The second-order valence-electron chi connectivity index (χ2n) is 4.86. The second kappa shape index (κ2) is 5.46. The molecule has 1 aromatic heterocycles. The van der Waals surface area contributed by atoms with Crippen molar-refractivity contribution in [1.82, 2.24) is 4.98 Å². The fourth-order valence-electron chi connectivity index (χ4n) is 2.25. The monoisotopic (exact) mass is 321 g/mol. The van der Waals surface area contributed by atoms with Gasteiger partial charge in [0.25, 0.3) is 5.91 Å². The van der Waals surface area contributed by atoms with Gasteiger partial charge < -0.3 is 11.1 Å². The van der Waals surface area contributed by atoms with Gasteiger partial charge in [0.05, 0.1) is 0 Å². The highest BCUT2D eigenvalue weighted by Gasteiger charge is 2.45. The van der Waals surface area contributed by atoms with Crippen molar-refractivity contribution >= 4 is 39.9 Å². The number of nitrogens with two attached hydrogens (primary N) is 1. The Morgan fingerprint density at radius 3 is 2.81 bits per heavy atom. The first kappa shape index (κ1) is 14.0. The quantitative estimate of drug-likeness (QED) is 0.907. The number of carbonyl (C=O) groups excluding carboxylic acids is 2. The zero-order valence-corrected chi connectivity index (χ0v) is 12.4. The summed E-state index contributed by atoms with van der Waals surface area (Å²) in [5, 5.41) is 5.31. The summed E-state index contributed by atoms with van der Waals surface area (Å²) in [4.78, 5) is 27.1. The topological polar surface area (TPSA) is 85.1 Å². The van der Waals surface area contributed by atoms with Crippen molar-refractivity contribution in [3.8, 4) is 0 Å². The van der Waals surface area contributed by atoms with E-state index in [1.54, 1.807) is 0 Å². The van der Waals surface area contributed by atoms with E-state index < -0.39 is 5.91 Å². The number of amides is 2. The molecule has 1 fully saturated rings. The minimum absolute atomic E-state index is 0.106. The fourth-order valence-corrected chi connectivity index (χ4v) is 3.23. The molecule has 0 spiro atoms. The number of nitrogens with one attached hydrogen (secondary N) is 1. The van der Waals surface area contributed by atoms with Gasteiger partial charge in [-0.3, -0.25) is 9.59 Å². The molecular formula is C14H12ClN3O2S. The van der Waals surface area contributed by atoms with E-state index >= 15 is 0 Å². The number of primary amides is 1. The largest absolute Gasteiger partial charge is 0.364 e. The molecule has 0 aliphatic heterocycles. The zero-order chi connectivity index (χ0) is 15.0. The van der Waals surface area contributed by atoms with Gasteiger partial charge in [-0.1, -0.05) is 29.8 Å². The zero-order valence-electron chi connectivity index (χ0n) is 10.9. The summed E-state index contributed by atoms with van der Waals surface area (Å²) in [6, 6.07) is 7.54. The van der Waals surface area contributed by atoms with Crippen molar-refractivity contribution in [2.45, 2.75) is 12.3 Å². The van der Waals surface area contributed by atoms with Crippen molar-refractivity contribution < 1.29 is 9.59 Å². The normalized spacial score (nSPS) is 20.0. The van der Waals surface area contributed by atoms with E-state index in [1.165, 1.54) is 16.7 Å². The summed E-state index contributed by atoms with van der Waals surface area (Å²) >= 11 is 7.32. The van der Waals surface area contributed by atoms with Gasteiger partial charge in [-0.2, -0.15) is 0 Å². The Labute approximate surface area is 130 Å². The Balaban J connectivity index is 1.65. The van der Waals surface area contributed by atoms with Crippen molar-refractivity contribution in [2.75, 3.05) is 5.32 Å². The second-order valence-corrected chi connectivity index (χ2v) is 6.13. The molecule has 0 saturated heterocycles. The molecule has 1 aliphatic rings. The number of thiazole rings is 1. The number of halogens is 1. The number of aromatic nitrogens is 1. The lowest BCUT2D eigenvalue weighted by atomic mass is 10.1. The Bertz CT molecular complexity index is 716. The summed E-state index contributed by atoms with van der Waals surface area (Å²) in [5.74, 6) is -0.669. The van der Waals surface area contributed by atoms with E-state index in [2.05, 4.69) is 10.3 Å². The first-order chi connectivity index (χ1) is 10.1. The van der Waals surface area contributed by atoms with Crippen LogP contribution in [-0.2, 0) is 4.79 Å². The molecule has 2 amide bonds. The lowest BCUT2D eigenvalue weighted by Gasteiger charge is -2.03. The van der Waals surface area contributed by atoms with Crippen molar-refractivity contribution in [2.24, 2.45) is 11.7 Å². The molecule has 2 atom stereocenters. The summed E-state index contributed by atoms with van der Waals surface area (Å²) < 4.78 is 0. The average Bonchev–Trinajstić information content (AvgIpc) is 3.11. The molecule has 1 aliphatic carbocycles. The van der Waals surface area contributed by atoms with Crippen LogP contribution in [0.25, 0.3) is 0 Å². The van der Waals surface area contributed by atoms with Crippen molar-refractivity contribution in [1.29, 1.82) is 0 Å². The number of hydrogen-bond donors (Lipinski definition) is 2. The number of benzene rings is 1. The van der Waals surface area contributed by atoms with Crippen LogP contribution in [0.2, 0.25) is 5.02 Å². The smallest absolute Gasteiger partial charge is 0.268 e. The van der Waals surface area contributed by atoms with E-state index in [-0.39, 0.29) is 23.4 Å². The maximum Gasteiger partial charge on any atom is 0.268 e. The summed E-state index contributed by atoms with van der Waals surface area (Å²) in [7, 11) is 0. The molecule has 108 valence electrons. The van der Waals surface area contributed by atoms with Crippen LogP contribution in [0.3, 0.4) is 0 Å². The molecule has 2 aromatic rings. The van der Waals surface area contributed by atoms with E-state index in [0.717, 1.165) is 12.0 Å². The molecule has 1 saturated carbocycles. The minimum atomic E-state index is -0.605. The first-order valence-electron chi connectivity index (χ1n) is 6.37. The third-order valence-electron chi connectivity index (χ3n) is 3.42. The number of carbonyl (C=O) groups is 2. The molecule has 7 heteroatoms. The van der Waals surface area contributed by atoms with Crippen LogP contribution in [0.4, 0.5) is 5.13 Å². The highest BCUT2D eigenvalue weighted by molar-refractivity contribution is 7.14. The number of anilines is 1. The Hall–Kier alpha value is -1.92. The predicted molar refractivity (Wildman–Crippen MR) is 81.6 cm³/mol. The molecule has 1 heterocycles. The van der Waals surface area contributed by atoms with Crippen molar-refractivity contribution in [3.63, 3.8) is 0 Å². The van der Waals surface area contributed by atoms with Crippen molar-refractivity contribution in [3.05, 3.63) is 45.9 Å². The molecule has 0 radical (unpaired) electrons. The number of hydrogen-bond acceptors (Lipinski definition) is 4. The number of rotatable bonds is 4. The lowest BCUT2D eigenvalue weighted by molar-refractivity contribution is -0.117. The van der Waals surface area contributed by atoms with Gasteiger partial charge in [-0.15, -0.1) is 11.3 Å². The van der Waals surface area contributed by atoms with Crippen LogP contribution in [0.15, 0.2) is 29.6 Å². The van der Waals surface area contributed by atoms with E-state index in [1.807, 2.05) is 24.3 Å². The predicted octanol–water partition coefficient (Wildman–Crippen LogP) is 2.64. The third kappa shape index (κ3) is 2.91. The fraction of sp³-hybridized carbons (Fsp3) is 0.214. The van der Waals surface area contributed by atoms with Gasteiger partial charge in [0.1, 0.15) is 5.69 Å². The Morgan fingerprint density at radius 2 is 2.14 bits per heavy atom. The summed E-state index contributed by atoms with van der Waals surface area (Å²) in [6.45, 7) is 0. The van der Waals surface area contributed by atoms with Gasteiger partial charge in [0, 0.05) is 16.3 Å². The standard InChI is InChI=1S/C14H12ClN3O2S/c15-10-4-2-1-3-7(10)8-5-9(8)13(20)18-14-17-11(6-21-14)12(16)19/h1-4,6,8-9H,5H2,(H2,16,19)(H,17,18,20). The van der Waals surface area contributed by atoms with Crippen LogP contribution in [0.1, 0.15) is 28.4 Å². The molecule has 5 nitrogen and oxygen atoms in total. The number of nitrogens with zero attached hydrogens (tertiary/aromatic N) is 1. The van der Waals surface area contributed by atoms with Crippen LogP contribution in [0.5, 0.6) is 0 Å². The first-order valence-corrected chi connectivity index (χ1v) is 7.62. The van der Waals surface area contributed by atoms with Gasteiger partial charge in [-0.05, 0) is 24.0 Å². The molecule has 21 heavy (non-hydrogen) atoms. The van der Waals surface area contributed by atoms with E-state index in [0.29, 0.717) is 10.2 Å². The minimum Gasteiger partial charge on any atom is -0.364 e. The Kier molecular flexibility index (Phi) is 3.65. The van der Waals surface area contributed by atoms with Crippen LogP contribution in [-0.4, -0.2) is 16.8 Å². The molecule has 3 rings (SSSR count). The SMILES string of the molecule is NC(=O)c1csc(NC(=O)C2CC2c2ccccc2Cl)n1. The van der Waals surface area contributed by atoms with E-state index in [9.17, 15) is 9.59 Å². The highest BCUT2D eigenvalue weighted by atomic mass is 35.5. The van der Waals surface area contributed by atoms with Gasteiger partial charge in [0.15, 0.2) is 5.13 Å². The van der Waals surface area contributed by atoms with Crippen LogP contribution >= 0.6 is 22.9 Å². The highest BCUT2D eigenvalue weighted by Crippen LogP contribution is 2.50. The summed E-state index contributed by atoms with van der Waals surface area (Å²) in [5.41, 5.74) is 6.28. The van der Waals surface area contributed by atoms with Crippen LogP contribution < -0.4 is 11.1 Å². The van der Waals surface area contributed by atoms with Crippen LogP contribution in [0, 0.1) is 5.92 Å². The molecular weight excluding hydrogens is 310 g/mol. The Morgan fingerprint density at radius 1 is 1.38 bits per heavy atom. The molecule has 0 bridgehead atoms. The average molecular weight is 322 g/mol. The molecule has 1 aromatic carbocycles.